The van der Waals surface area contributed by atoms with Crippen LogP contribution in [0.3, 0.4) is 0 Å². The number of carbonyl (C=O) groups is 1. The smallest absolute Gasteiger partial charge is 0.338 e. The van der Waals surface area contributed by atoms with Gasteiger partial charge in [-0.15, -0.1) is 0 Å². The standard InChI is InChI=1S/C14H15N3O2S/c1-7-5-6-11(13(18)19)12(15-7)20-14-16-9(3)8(2)10(4)17-14/h5-6H,1-4H3,(H,18,19). The second-order valence-electron chi connectivity index (χ2n) is 4.51. The number of carboxylic acid groups (broad SMARTS) is 1. The molecule has 2 heterocycles. The normalized spacial score (nSPS) is 10.6. The van der Waals surface area contributed by atoms with Crippen molar-refractivity contribution in [3.05, 3.63) is 40.3 Å². The molecule has 0 amide bonds. The van der Waals surface area contributed by atoms with E-state index in [4.69, 9.17) is 0 Å². The van der Waals surface area contributed by atoms with Gasteiger partial charge in [-0.2, -0.15) is 0 Å². The SMILES string of the molecule is Cc1ccc(C(=O)O)c(Sc2nc(C)c(C)c(C)n2)n1. The topological polar surface area (TPSA) is 76.0 Å². The van der Waals surface area contributed by atoms with Crippen LogP contribution in [0.2, 0.25) is 0 Å². The van der Waals surface area contributed by atoms with Crippen LogP contribution in [0.5, 0.6) is 0 Å². The fourth-order valence-electron chi connectivity index (χ4n) is 1.65. The average Bonchev–Trinajstić information content (AvgIpc) is 2.35. The highest BCUT2D eigenvalue weighted by Gasteiger charge is 2.15. The van der Waals surface area contributed by atoms with Crippen molar-refractivity contribution in [2.24, 2.45) is 0 Å². The Balaban J connectivity index is 2.44. The van der Waals surface area contributed by atoms with Crippen molar-refractivity contribution in [2.75, 3.05) is 0 Å². The number of aromatic carboxylic acids is 1. The first-order valence-electron chi connectivity index (χ1n) is 6.09. The highest BCUT2D eigenvalue weighted by molar-refractivity contribution is 7.99. The molecule has 0 unspecified atom stereocenters. The highest BCUT2D eigenvalue weighted by atomic mass is 32.2. The molecule has 2 aromatic rings. The molecule has 20 heavy (non-hydrogen) atoms. The lowest BCUT2D eigenvalue weighted by Gasteiger charge is -2.08. The Morgan fingerprint density at radius 3 is 2.20 bits per heavy atom. The van der Waals surface area contributed by atoms with E-state index in [2.05, 4.69) is 15.0 Å². The molecule has 0 bridgehead atoms. The minimum Gasteiger partial charge on any atom is -0.478 e. The number of nitrogens with zero attached hydrogens (tertiary/aromatic N) is 3. The summed E-state index contributed by atoms with van der Waals surface area (Å²) in [5, 5.41) is 10.1. The van der Waals surface area contributed by atoms with Crippen LogP contribution in [-0.2, 0) is 0 Å². The summed E-state index contributed by atoms with van der Waals surface area (Å²) in [5.74, 6) is -0.999. The third-order valence-corrected chi connectivity index (χ3v) is 3.90. The maximum atomic E-state index is 11.2. The van der Waals surface area contributed by atoms with Gasteiger partial charge in [0.1, 0.15) is 5.03 Å². The van der Waals surface area contributed by atoms with Crippen LogP contribution in [0.1, 0.15) is 33.0 Å². The Labute approximate surface area is 121 Å². The van der Waals surface area contributed by atoms with E-state index in [9.17, 15) is 9.90 Å². The van der Waals surface area contributed by atoms with Crippen molar-refractivity contribution in [3.63, 3.8) is 0 Å². The van der Waals surface area contributed by atoms with Crippen LogP contribution < -0.4 is 0 Å². The molecule has 0 aliphatic heterocycles. The molecule has 104 valence electrons. The summed E-state index contributed by atoms with van der Waals surface area (Å²) >= 11 is 1.18. The fourth-order valence-corrected chi connectivity index (χ4v) is 2.64. The predicted molar refractivity (Wildman–Crippen MR) is 76.3 cm³/mol. The molecular formula is C14H15N3O2S. The van der Waals surface area contributed by atoms with Crippen LogP contribution in [0.4, 0.5) is 0 Å². The Bertz CT molecular complexity index is 663. The minimum absolute atomic E-state index is 0.167. The molecule has 0 aromatic carbocycles. The number of rotatable bonds is 3. The zero-order valence-electron chi connectivity index (χ0n) is 11.8. The van der Waals surface area contributed by atoms with Crippen molar-refractivity contribution in [1.82, 2.24) is 15.0 Å². The lowest BCUT2D eigenvalue weighted by molar-refractivity contribution is 0.0692. The molecule has 0 aliphatic rings. The minimum atomic E-state index is -0.999. The third kappa shape index (κ3) is 2.96. The number of hydrogen-bond acceptors (Lipinski definition) is 5. The molecular weight excluding hydrogens is 274 g/mol. The number of pyridine rings is 1. The summed E-state index contributed by atoms with van der Waals surface area (Å²) in [5.41, 5.74) is 3.76. The van der Waals surface area contributed by atoms with E-state index in [1.54, 1.807) is 12.1 Å². The Hall–Kier alpha value is -1.95. The number of aromatic nitrogens is 3. The Morgan fingerprint density at radius 2 is 1.65 bits per heavy atom. The van der Waals surface area contributed by atoms with Crippen LogP contribution in [-0.4, -0.2) is 26.0 Å². The van der Waals surface area contributed by atoms with Crippen molar-refractivity contribution < 1.29 is 9.90 Å². The van der Waals surface area contributed by atoms with Crippen LogP contribution in [0.25, 0.3) is 0 Å². The van der Waals surface area contributed by atoms with Gasteiger partial charge in [0.05, 0.1) is 5.56 Å². The summed E-state index contributed by atoms with van der Waals surface area (Å²) in [6, 6.07) is 3.24. The molecule has 0 aliphatic carbocycles. The van der Waals surface area contributed by atoms with Gasteiger partial charge >= 0.3 is 5.97 Å². The largest absolute Gasteiger partial charge is 0.478 e. The molecule has 0 spiro atoms. The molecule has 0 saturated heterocycles. The van der Waals surface area contributed by atoms with Crippen LogP contribution in [0, 0.1) is 27.7 Å². The van der Waals surface area contributed by atoms with E-state index < -0.39 is 5.97 Å². The van der Waals surface area contributed by atoms with E-state index in [1.807, 2.05) is 27.7 Å². The maximum absolute atomic E-state index is 11.2. The molecule has 0 atom stereocenters. The lowest BCUT2D eigenvalue weighted by Crippen LogP contribution is -2.03. The quantitative estimate of drug-likeness (QED) is 0.875. The first-order chi connectivity index (χ1) is 9.38. The van der Waals surface area contributed by atoms with Gasteiger partial charge in [0.2, 0.25) is 0 Å². The van der Waals surface area contributed by atoms with Crippen molar-refractivity contribution in [3.8, 4) is 0 Å². The summed E-state index contributed by atoms with van der Waals surface area (Å²) in [6.07, 6.45) is 0. The van der Waals surface area contributed by atoms with E-state index in [-0.39, 0.29) is 5.56 Å². The van der Waals surface area contributed by atoms with E-state index in [0.29, 0.717) is 10.2 Å². The summed E-state index contributed by atoms with van der Waals surface area (Å²) in [6.45, 7) is 7.61. The van der Waals surface area contributed by atoms with Gasteiger partial charge in [-0.05, 0) is 57.2 Å². The van der Waals surface area contributed by atoms with E-state index in [1.165, 1.54) is 11.8 Å². The molecule has 0 fully saturated rings. The Kier molecular flexibility index (Phi) is 4.04. The molecule has 6 heteroatoms. The molecule has 2 aromatic heterocycles. The number of hydrogen-bond donors (Lipinski definition) is 1. The summed E-state index contributed by atoms with van der Waals surface area (Å²) in [7, 11) is 0. The zero-order chi connectivity index (χ0) is 14.9. The number of aryl methyl sites for hydroxylation is 3. The monoisotopic (exact) mass is 289 g/mol. The summed E-state index contributed by atoms with van der Waals surface area (Å²) in [4.78, 5) is 24.2. The summed E-state index contributed by atoms with van der Waals surface area (Å²) < 4.78 is 0. The first-order valence-corrected chi connectivity index (χ1v) is 6.90. The molecule has 5 nitrogen and oxygen atoms in total. The van der Waals surface area contributed by atoms with Gasteiger partial charge in [0.15, 0.2) is 5.16 Å². The number of carboxylic acids is 1. The third-order valence-electron chi connectivity index (χ3n) is 3.03. The predicted octanol–water partition coefficient (Wildman–Crippen LogP) is 2.95. The molecule has 1 N–H and O–H groups in total. The second-order valence-corrected chi connectivity index (χ2v) is 5.47. The molecule has 0 radical (unpaired) electrons. The average molecular weight is 289 g/mol. The molecule has 0 saturated carbocycles. The fraction of sp³-hybridized carbons (Fsp3) is 0.286. The van der Waals surface area contributed by atoms with Crippen molar-refractivity contribution >= 4 is 17.7 Å². The van der Waals surface area contributed by atoms with Gasteiger partial charge in [-0.25, -0.2) is 19.7 Å². The lowest BCUT2D eigenvalue weighted by atomic mass is 10.2. The molecule has 2 rings (SSSR count). The van der Waals surface area contributed by atoms with Crippen LogP contribution in [0.15, 0.2) is 22.3 Å². The zero-order valence-corrected chi connectivity index (χ0v) is 12.6. The first kappa shape index (κ1) is 14.5. The van der Waals surface area contributed by atoms with Gasteiger partial charge < -0.3 is 5.11 Å². The van der Waals surface area contributed by atoms with E-state index in [0.717, 1.165) is 22.6 Å². The van der Waals surface area contributed by atoms with Crippen molar-refractivity contribution in [1.29, 1.82) is 0 Å². The van der Waals surface area contributed by atoms with Gasteiger partial charge in [-0.1, -0.05) is 0 Å². The maximum Gasteiger partial charge on any atom is 0.338 e. The Morgan fingerprint density at radius 1 is 1.05 bits per heavy atom. The van der Waals surface area contributed by atoms with Crippen molar-refractivity contribution in [2.45, 2.75) is 37.9 Å². The van der Waals surface area contributed by atoms with Crippen LogP contribution >= 0.6 is 11.8 Å². The van der Waals surface area contributed by atoms with Gasteiger partial charge in [0, 0.05) is 17.1 Å². The second kappa shape index (κ2) is 5.58. The highest BCUT2D eigenvalue weighted by Crippen LogP contribution is 2.27. The van der Waals surface area contributed by atoms with E-state index >= 15 is 0 Å². The van der Waals surface area contributed by atoms with Gasteiger partial charge in [-0.3, -0.25) is 0 Å². The van der Waals surface area contributed by atoms with Gasteiger partial charge in [0.25, 0.3) is 0 Å².